The maximum absolute atomic E-state index is 14.2. The minimum absolute atomic E-state index is 0.0343. The lowest BCUT2D eigenvalue weighted by Gasteiger charge is -2.07. The molecular formula is C18H12F4N2O3S. The van der Waals surface area contributed by atoms with E-state index in [1.807, 2.05) is 0 Å². The van der Waals surface area contributed by atoms with Gasteiger partial charge in [0.25, 0.3) is 5.91 Å². The number of rotatable bonds is 3. The molecule has 146 valence electrons. The maximum Gasteiger partial charge on any atom is 0.416 e. The minimum Gasteiger partial charge on any atom is -0.468 e. The summed E-state index contributed by atoms with van der Waals surface area (Å²) >= 11 is 0.929. The number of nitrogens with zero attached hydrogens (tertiary/aromatic N) is 2. The fraction of sp³-hybridized carbons (Fsp3) is 0.167. The van der Waals surface area contributed by atoms with Crippen LogP contribution in [-0.4, -0.2) is 23.6 Å². The number of carbonyl (C=O) groups excluding carboxylic acids is 2. The Labute approximate surface area is 159 Å². The van der Waals surface area contributed by atoms with Gasteiger partial charge in [-0.2, -0.15) is 18.2 Å². The summed E-state index contributed by atoms with van der Waals surface area (Å²) in [4.78, 5) is 27.9. The topological polar surface area (TPSA) is 60.7 Å². The van der Waals surface area contributed by atoms with Gasteiger partial charge >= 0.3 is 12.1 Å². The largest absolute Gasteiger partial charge is 0.468 e. The molecule has 3 aromatic rings. The van der Waals surface area contributed by atoms with Gasteiger partial charge in [-0.25, -0.2) is 4.39 Å². The Kier molecular flexibility index (Phi) is 5.32. The number of hydrogen-bond acceptors (Lipinski definition) is 4. The third-order valence-corrected chi connectivity index (χ3v) is 4.84. The Balaban J connectivity index is 2.13. The summed E-state index contributed by atoms with van der Waals surface area (Å²) in [5, 5.41) is 0. The molecule has 5 nitrogen and oxygen atoms in total. The molecule has 1 heterocycles. The van der Waals surface area contributed by atoms with Gasteiger partial charge in [0.05, 0.1) is 22.9 Å². The van der Waals surface area contributed by atoms with Crippen LogP contribution in [0.2, 0.25) is 0 Å². The highest BCUT2D eigenvalue weighted by atomic mass is 32.1. The summed E-state index contributed by atoms with van der Waals surface area (Å²) in [6.45, 7) is -0.411. The Morgan fingerprint density at radius 3 is 2.57 bits per heavy atom. The van der Waals surface area contributed by atoms with E-state index in [9.17, 15) is 27.2 Å². The van der Waals surface area contributed by atoms with Crippen molar-refractivity contribution in [2.24, 2.45) is 4.99 Å². The number of benzene rings is 2. The molecule has 0 atom stereocenters. The summed E-state index contributed by atoms with van der Waals surface area (Å²) in [7, 11) is 1.15. The third kappa shape index (κ3) is 3.96. The second-order valence-electron chi connectivity index (χ2n) is 5.63. The molecule has 0 unspecified atom stereocenters. The van der Waals surface area contributed by atoms with Crippen LogP contribution in [0.25, 0.3) is 10.2 Å². The van der Waals surface area contributed by atoms with E-state index in [0.29, 0.717) is 10.8 Å². The number of ether oxygens (including phenoxy) is 1. The van der Waals surface area contributed by atoms with Crippen LogP contribution in [0.15, 0.2) is 47.5 Å². The fourth-order valence-electron chi connectivity index (χ4n) is 2.49. The standard InChI is InChI=1S/C18H12F4N2O3S/c1-27-14(25)9-24-15-12(19)6-3-7-13(15)28-17(24)23-16(26)10-4-2-5-11(8-10)18(20,21)22/h2-8H,9H2,1H3. The first kappa shape index (κ1) is 19.7. The Morgan fingerprint density at radius 2 is 1.89 bits per heavy atom. The van der Waals surface area contributed by atoms with Crippen LogP contribution in [0.3, 0.4) is 0 Å². The van der Waals surface area contributed by atoms with Gasteiger partial charge in [-0.3, -0.25) is 9.59 Å². The van der Waals surface area contributed by atoms with Crippen LogP contribution in [0.4, 0.5) is 17.6 Å². The SMILES string of the molecule is COC(=O)Cn1c(=NC(=O)c2cccc(C(F)(F)F)c2)sc2cccc(F)c21. The molecule has 0 bridgehead atoms. The van der Waals surface area contributed by atoms with Crippen LogP contribution in [0, 0.1) is 5.82 Å². The number of methoxy groups -OCH3 is 1. The summed E-state index contributed by atoms with van der Waals surface area (Å²) in [6, 6.07) is 8.02. The molecule has 10 heteroatoms. The number of thiazole rings is 1. The number of esters is 1. The second-order valence-corrected chi connectivity index (χ2v) is 6.64. The quantitative estimate of drug-likeness (QED) is 0.486. The molecule has 0 N–H and O–H groups in total. The fourth-order valence-corrected chi connectivity index (χ4v) is 3.53. The van der Waals surface area contributed by atoms with E-state index in [-0.39, 0.29) is 15.9 Å². The zero-order valence-electron chi connectivity index (χ0n) is 14.3. The molecule has 1 aromatic heterocycles. The predicted molar refractivity (Wildman–Crippen MR) is 93.1 cm³/mol. The van der Waals surface area contributed by atoms with Crippen LogP contribution in [-0.2, 0) is 22.3 Å². The summed E-state index contributed by atoms with van der Waals surface area (Å²) in [6.07, 6.45) is -4.61. The highest BCUT2D eigenvalue weighted by Gasteiger charge is 2.30. The lowest BCUT2D eigenvalue weighted by molar-refractivity contribution is -0.141. The van der Waals surface area contributed by atoms with E-state index < -0.39 is 36.0 Å². The molecule has 0 aliphatic carbocycles. The van der Waals surface area contributed by atoms with Gasteiger partial charge in [0.2, 0.25) is 0 Å². The van der Waals surface area contributed by atoms with Gasteiger partial charge in [-0.1, -0.05) is 23.5 Å². The molecule has 0 saturated carbocycles. The zero-order chi connectivity index (χ0) is 20.5. The Morgan fingerprint density at radius 1 is 1.18 bits per heavy atom. The average molecular weight is 412 g/mol. The molecule has 2 aromatic carbocycles. The van der Waals surface area contributed by atoms with Crippen molar-refractivity contribution in [3.8, 4) is 0 Å². The number of amides is 1. The smallest absolute Gasteiger partial charge is 0.416 e. The van der Waals surface area contributed by atoms with E-state index >= 15 is 0 Å². The molecule has 0 aliphatic rings. The molecular weight excluding hydrogens is 400 g/mol. The zero-order valence-corrected chi connectivity index (χ0v) is 15.1. The summed E-state index contributed by atoms with van der Waals surface area (Å²) in [5.74, 6) is -2.28. The number of para-hydroxylation sites is 1. The Bertz CT molecular complexity index is 1130. The number of halogens is 4. The van der Waals surface area contributed by atoms with Gasteiger partial charge in [0, 0.05) is 5.56 Å². The van der Waals surface area contributed by atoms with Gasteiger partial charge < -0.3 is 9.30 Å². The van der Waals surface area contributed by atoms with Crippen molar-refractivity contribution in [3.05, 3.63) is 64.2 Å². The first-order valence-electron chi connectivity index (χ1n) is 7.81. The van der Waals surface area contributed by atoms with Crippen molar-refractivity contribution in [3.63, 3.8) is 0 Å². The normalized spacial score (nSPS) is 12.4. The lowest BCUT2D eigenvalue weighted by Crippen LogP contribution is -2.23. The van der Waals surface area contributed by atoms with Crippen molar-refractivity contribution in [2.45, 2.75) is 12.7 Å². The monoisotopic (exact) mass is 412 g/mol. The Hall–Kier alpha value is -3.01. The minimum atomic E-state index is -4.61. The highest BCUT2D eigenvalue weighted by molar-refractivity contribution is 7.16. The first-order chi connectivity index (χ1) is 13.2. The summed E-state index contributed by atoms with van der Waals surface area (Å²) < 4.78 is 59.0. The van der Waals surface area contributed by atoms with Gasteiger partial charge in [-0.15, -0.1) is 0 Å². The number of hydrogen-bond donors (Lipinski definition) is 0. The lowest BCUT2D eigenvalue weighted by atomic mass is 10.1. The highest BCUT2D eigenvalue weighted by Crippen LogP contribution is 2.29. The number of aromatic nitrogens is 1. The first-order valence-corrected chi connectivity index (χ1v) is 8.63. The molecule has 28 heavy (non-hydrogen) atoms. The van der Waals surface area contributed by atoms with E-state index in [4.69, 9.17) is 0 Å². The molecule has 0 saturated heterocycles. The van der Waals surface area contributed by atoms with Crippen LogP contribution >= 0.6 is 11.3 Å². The molecule has 0 fully saturated rings. The van der Waals surface area contributed by atoms with Crippen molar-refractivity contribution < 1.29 is 31.9 Å². The molecule has 1 amide bonds. The van der Waals surface area contributed by atoms with Gasteiger partial charge in [-0.05, 0) is 30.3 Å². The third-order valence-electron chi connectivity index (χ3n) is 3.80. The van der Waals surface area contributed by atoms with Crippen LogP contribution in [0.5, 0.6) is 0 Å². The van der Waals surface area contributed by atoms with Crippen molar-refractivity contribution in [1.82, 2.24) is 4.57 Å². The maximum atomic E-state index is 14.2. The van der Waals surface area contributed by atoms with Gasteiger partial charge in [0.15, 0.2) is 4.80 Å². The molecule has 3 rings (SSSR count). The van der Waals surface area contributed by atoms with Crippen molar-refractivity contribution in [2.75, 3.05) is 7.11 Å². The predicted octanol–water partition coefficient (Wildman–Crippen LogP) is 3.77. The van der Waals surface area contributed by atoms with Crippen LogP contribution in [0.1, 0.15) is 15.9 Å². The van der Waals surface area contributed by atoms with E-state index in [1.54, 1.807) is 6.07 Å². The molecule has 0 radical (unpaired) electrons. The van der Waals surface area contributed by atoms with E-state index in [1.165, 1.54) is 18.2 Å². The van der Waals surface area contributed by atoms with E-state index in [2.05, 4.69) is 9.73 Å². The van der Waals surface area contributed by atoms with E-state index in [0.717, 1.165) is 35.1 Å². The molecule has 0 aliphatic heterocycles. The van der Waals surface area contributed by atoms with Crippen LogP contribution < -0.4 is 4.80 Å². The second kappa shape index (κ2) is 7.55. The van der Waals surface area contributed by atoms with Gasteiger partial charge in [0.1, 0.15) is 12.4 Å². The summed E-state index contributed by atoms with van der Waals surface area (Å²) in [5.41, 5.74) is -1.22. The molecule has 0 spiro atoms. The van der Waals surface area contributed by atoms with Crippen molar-refractivity contribution >= 4 is 33.4 Å². The number of carbonyl (C=O) groups is 2. The average Bonchev–Trinajstić information content (AvgIpc) is 2.99. The van der Waals surface area contributed by atoms with Crippen molar-refractivity contribution in [1.29, 1.82) is 0 Å². The number of fused-ring (bicyclic) bond motifs is 1. The number of alkyl halides is 3.